The van der Waals surface area contributed by atoms with Crippen LogP contribution in [-0.2, 0) is 4.74 Å². The van der Waals surface area contributed by atoms with E-state index in [1.165, 1.54) is 6.07 Å². The van der Waals surface area contributed by atoms with Gasteiger partial charge in [-0.3, -0.25) is 15.4 Å². The van der Waals surface area contributed by atoms with Gasteiger partial charge in [0.1, 0.15) is 0 Å². The molecule has 0 unspecified atom stereocenters. The Hall–Kier alpha value is -2.11. The van der Waals surface area contributed by atoms with E-state index in [1.807, 2.05) is 0 Å². The number of nitrogens with one attached hydrogen (secondary N) is 1. The summed E-state index contributed by atoms with van der Waals surface area (Å²) in [5.41, 5.74) is 1.67. The van der Waals surface area contributed by atoms with Crippen LogP contribution in [0.1, 0.15) is 18.1 Å². The Morgan fingerprint density at radius 1 is 1.41 bits per heavy atom. The zero-order valence-corrected chi connectivity index (χ0v) is 9.94. The summed E-state index contributed by atoms with van der Waals surface area (Å²) in [6, 6.07) is 2.99. The predicted molar refractivity (Wildman–Crippen MR) is 63.2 cm³/mol. The molecule has 0 saturated heterocycles. The Balaban J connectivity index is 2.99. The summed E-state index contributed by atoms with van der Waals surface area (Å²) in [7, 11) is 0. The van der Waals surface area contributed by atoms with Crippen LogP contribution in [0.4, 0.5) is 16.2 Å². The third-order valence-electron chi connectivity index (χ3n) is 2.25. The highest BCUT2D eigenvalue weighted by Gasteiger charge is 2.14. The topological polar surface area (TPSA) is 81.5 Å². The standard InChI is InChI=1S/C11H14N2O4/c1-4-17-11(14)12-9-5-8(3)10(13(15)16)6-7(9)2/h5-6H,4H2,1-3H3,(H,12,14). The number of nitrogens with zero attached hydrogens (tertiary/aromatic N) is 1. The summed E-state index contributed by atoms with van der Waals surface area (Å²) >= 11 is 0. The van der Waals surface area contributed by atoms with Gasteiger partial charge in [0.15, 0.2) is 0 Å². The Morgan fingerprint density at radius 2 is 2.06 bits per heavy atom. The number of nitro groups is 1. The molecule has 0 atom stereocenters. The first-order valence-electron chi connectivity index (χ1n) is 5.15. The molecule has 0 aliphatic carbocycles. The molecule has 0 aliphatic heterocycles. The normalized spacial score (nSPS) is 9.82. The first-order chi connectivity index (χ1) is 7.95. The van der Waals surface area contributed by atoms with Crippen LogP contribution in [0.2, 0.25) is 0 Å². The first-order valence-corrected chi connectivity index (χ1v) is 5.15. The Bertz CT molecular complexity index is 457. The van der Waals surface area contributed by atoms with Gasteiger partial charge in [0.2, 0.25) is 0 Å². The Kier molecular flexibility index (Phi) is 4.03. The molecule has 1 aromatic rings. The van der Waals surface area contributed by atoms with Crippen molar-refractivity contribution >= 4 is 17.5 Å². The molecule has 1 aromatic carbocycles. The third kappa shape index (κ3) is 3.17. The fraction of sp³-hybridized carbons (Fsp3) is 0.364. The van der Waals surface area contributed by atoms with Crippen molar-refractivity contribution in [3.63, 3.8) is 0 Å². The van der Waals surface area contributed by atoms with Gasteiger partial charge < -0.3 is 4.74 Å². The van der Waals surface area contributed by atoms with E-state index in [2.05, 4.69) is 5.32 Å². The van der Waals surface area contributed by atoms with Crippen LogP contribution in [0, 0.1) is 24.0 Å². The van der Waals surface area contributed by atoms with E-state index < -0.39 is 11.0 Å². The number of carbonyl (C=O) groups excluding carboxylic acids is 1. The molecular formula is C11H14N2O4. The molecule has 0 aliphatic rings. The minimum atomic E-state index is -0.566. The van der Waals surface area contributed by atoms with Gasteiger partial charge in [0, 0.05) is 17.3 Å². The van der Waals surface area contributed by atoms with Gasteiger partial charge in [-0.15, -0.1) is 0 Å². The van der Waals surface area contributed by atoms with Crippen LogP contribution in [0.15, 0.2) is 12.1 Å². The molecule has 6 nitrogen and oxygen atoms in total. The molecule has 0 fully saturated rings. The molecule has 0 radical (unpaired) electrons. The maximum Gasteiger partial charge on any atom is 0.411 e. The van der Waals surface area contributed by atoms with Gasteiger partial charge in [-0.05, 0) is 32.4 Å². The summed E-state index contributed by atoms with van der Waals surface area (Å²) in [6.45, 7) is 5.28. The lowest BCUT2D eigenvalue weighted by Crippen LogP contribution is -2.14. The molecule has 1 rings (SSSR count). The van der Waals surface area contributed by atoms with E-state index in [9.17, 15) is 14.9 Å². The molecule has 17 heavy (non-hydrogen) atoms. The van der Waals surface area contributed by atoms with E-state index in [-0.39, 0.29) is 12.3 Å². The number of anilines is 1. The smallest absolute Gasteiger partial charge is 0.411 e. The lowest BCUT2D eigenvalue weighted by atomic mass is 10.1. The number of rotatable bonds is 3. The fourth-order valence-electron chi connectivity index (χ4n) is 1.41. The number of hydrogen-bond donors (Lipinski definition) is 1. The second-order valence-corrected chi connectivity index (χ2v) is 3.56. The third-order valence-corrected chi connectivity index (χ3v) is 2.25. The molecule has 0 bridgehead atoms. The van der Waals surface area contributed by atoms with E-state index in [0.717, 1.165) is 0 Å². The highest BCUT2D eigenvalue weighted by Crippen LogP contribution is 2.25. The monoisotopic (exact) mass is 238 g/mol. The van der Waals surface area contributed by atoms with Gasteiger partial charge in [0.05, 0.1) is 11.5 Å². The minimum absolute atomic E-state index is 0.0388. The van der Waals surface area contributed by atoms with Crippen molar-refractivity contribution in [2.24, 2.45) is 0 Å². The van der Waals surface area contributed by atoms with E-state index in [0.29, 0.717) is 16.8 Å². The molecule has 6 heteroatoms. The zero-order chi connectivity index (χ0) is 13.0. The van der Waals surface area contributed by atoms with Crippen LogP contribution < -0.4 is 5.32 Å². The lowest BCUT2D eigenvalue weighted by Gasteiger charge is -2.09. The lowest BCUT2D eigenvalue weighted by molar-refractivity contribution is -0.385. The SMILES string of the molecule is CCOC(=O)Nc1cc(C)c([N+](=O)[O-])cc1C. The van der Waals surface area contributed by atoms with Gasteiger partial charge >= 0.3 is 6.09 Å². The summed E-state index contributed by atoms with van der Waals surface area (Å²) < 4.78 is 4.73. The van der Waals surface area contributed by atoms with E-state index in [4.69, 9.17) is 4.74 Å². The van der Waals surface area contributed by atoms with Crippen LogP contribution in [-0.4, -0.2) is 17.6 Å². The quantitative estimate of drug-likeness (QED) is 0.648. The highest BCUT2D eigenvalue weighted by atomic mass is 16.6. The number of hydrogen-bond acceptors (Lipinski definition) is 4. The summed E-state index contributed by atoms with van der Waals surface area (Å²) in [5.74, 6) is 0. The molecule has 0 saturated carbocycles. The number of benzene rings is 1. The largest absolute Gasteiger partial charge is 0.450 e. The summed E-state index contributed by atoms with van der Waals surface area (Å²) in [4.78, 5) is 21.5. The summed E-state index contributed by atoms with van der Waals surface area (Å²) in [5, 5.41) is 13.2. The molecule has 1 amide bonds. The van der Waals surface area contributed by atoms with Gasteiger partial charge in [-0.25, -0.2) is 4.79 Å². The number of aryl methyl sites for hydroxylation is 2. The van der Waals surface area contributed by atoms with Gasteiger partial charge in [-0.2, -0.15) is 0 Å². The van der Waals surface area contributed by atoms with Crippen LogP contribution in [0.5, 0.6) is 0 Å². The maximum absolute atomic E-state index is 11.2. The average molecular weight is 238 g/mol. The second-order valence-electron chi connectivity index (χ2n) is 3.56. The molecule has 0 heterocycles. The average Bonchev–Trinajstić information content (AvgIpc) is 2.22. The van der Waals surface area contributed by atoms with Crippen molar-refractivity contribution < 1.29 is 14.5 Å². The van der Waals surface area contributed by atoms with Crippen LogP contribution in [0.25, 0.3) is 0 Å². The number of nitro benzene ring substituents is 1. The Morgan fingerprint density at radius 3 is 2.59 bits per heavy atom. The molecular weight excluding hydrogens is 224 g/mol. The molecule has 0 aromatic heterocycles. The maximum atomic E-state index is 11.2. The van der Waals surface area contributed by atoms with Crippen molar-refractivity contribution in [3.05, 3.63) is 33.4 Å². The first kappa shape index (κ1) is 13.0. The van der Waals surface area contributed by atoms with Gasteiger partial charge in [0.25, 0.3) is 5.69 Å². The van der Waals surface area contributed by atoms with Crippen molar-refractivity contribution in [1.29, 1.82) is 0 Å². The number of ether oxygens (including phenoxy) is 1. The minimum Gasteiger partial charge on any atom is -0.450 e. The van der Waals surface area contributed by atoms with E-state index >= 15 is 0 Å². The van der Waals surface area contributed by atoms with E-state index in [1.54, 1.807) is 26.8 Å². The van der Waals surface area contributed by atoms with Crippen LogP contribution in [0.3, 0.4) is 0 Å². The fourth-order valence-corrected chi connectivity index (χ4v) is 1.41. The molecule has 92 valence electrons. The zero-order valence-electron chi connectivity index (χ0n) is 9.94. The summed E-state index contributed by atoms with van der Waals surface area (Å²) in [6.07, 6.45) is -0.566. The van der Waals surface area contributed by atoms with Crippen LogP contribution >= 0.6 is 0 Å². The van der Waals surface area contributed by atoms with Gasteiger partial charge in [-0.1, -0.05) is 0 Å². The van der Waals surface area contributed by atoms with Crippen molar-refractivity contribution in [2.45, 2.75) is 20.8 Å². The molecule has 1 N–H and O–H groups in total. The van der Waals surface area contributed by atoms with Crippen molar-refractivity contribution in [2.75, 3.05) is 11.9 Å². The number of carbonyl (C=O) groups is 1. The highest BCUT2D eigenvalue weighted by molar-refractivity contribution is 5.86. The predicted octanol–water partition coefficient (Wildman–Crippen LogP) is 2.78. The van der Waals surface area contributed by atoms with Crippen molar-refractivity contribution in [3.8, 4) is 0 Å². The second kappa shape index (κ2) is 5.29. The Labute approximate surface area is 98.7 Å². The molecule has 0 spiro atoms. The van der Waals surface area contributed by atoms with Crippen molar-refractivity contribution in [1.82, 2.24) is 0 Å². The number of amides is 1.